The van der Waals surface area contributed by atoms with Gasteiger partial charge in [-0.05, 0) is 0 Å². The standard InChI is InChI=1S/C10H10O8/c11-5-1-3-4(8(5)18-10(15)16)2-6(12)7(3)17-9(13)14/h3-4,7-8H,1-2H2,(H,13,14)(H,15,16)/t3-,4-,7?,8?/m1/s1. The van der Waals surface area contributed by atoms with E-state index in [1.54, 1.807) is 0 Å². The lowest BCUT2D eigenvalue weighted by Crippen LogP contribution is -2.28. The molecule has 0 heterocycles. The van der Waals surface area contributed by atoms with E-state index in [-0.39, 0.29) is 12.8 Å². The molecule has 0 aliphatic heterocycles. The highest BCUT2D eigenvalue weighted by Gasteiger charge is 2.56. The molecule has 2 unspecified atom stereocenters. The number of rotatable bonds is 2. The van der Waals surface area contributed by atoms with Crippen molar-refractivity contribution in [1.82, 2.24) is 0 Å². The zero-order valence-electron chi connectivity index (χ0n) is 9.07. The Kier molecular flexibility index (Phi) is 2.93. The van der Waals surface area contributed by atoms with Crippen molar-refractivity contribution in [2.45, 2.75) is 25.0 Å². The van der Waals surface area contributed by atoms with Crippen LogP contribution in [0.15, 0.2) is 0 Å². The first kappa shape index (κ1) is 12.3. The first-order valence-corrected chi connectivity index (χ1v) is 5.24. The minimum Gasteiger partial charge on any atom is -0.450 e. The number of fused-ring (bicyclic) bond motifs is 1. The van der Waals surface area contributed by atoms with Gasteiger partial charge in [0.05, 0.1) is 0 Å². The highest BCUT2D eigenvalue weighted by atomic mass is 16.7. The van der Waals surface area contributed by atoms with Crippen molar-refractivity contribution in [3.05, 3.63) is 0 Å². The zero-order valence-corrected chi connectivity index (χ0v) is 9.07. The molecular formula is C10H10O8. The van der Waals surface area contributed by atoms with Crippen LogP contribution in [0, 0.1) is 11.8 Å². The molecule has 2 aliphatic carbocycles. The summed E-state index contributed by atoms with van der Waals surface area (Å²) in [7, 11) is 0. The van der Waals surface area contributed by atoms with Gasteiger partial charge < -0.3 is 19.7 Å². The minimum atomic E-state index is -1.59. The lowest BCUT2D eigenvalue weighted by atomic mass is 9.98. The maximum absolute atomic E-state index is 11.6. The number of carbonyl (C=O) groups is 4. The van der Waals surface area contributed by atoms with Crippen molar-refractivity contribution >= 4 is 23.9 Å². The van der Waals surface area contributed by atoms with Gasteiger partial charge in [0, 0.05) is 24.7 Å². The monoisotopic (exact) mass is 258 g/mol. The van der Waals surface area contributed by atoms with Crippen LogP contribution in [0.4, 0.5) is 9.59 Å². The molecule has 0 saturated heterocycles. The maximum Gasteiger partial charge on any atom is 0.506 e. The minimum absolute atomic E-state index is 0.105. The molecule has 0 aromatic rings. The first-order valence-electron chi connectivity index (χ1n) is 5.24. The Morgan fingerprint density at radius 2 is 1.22 bits per heavy atom. The van der Waals surface area contributed by atoms with Gasteiger partial charge in [-0.3, -0.25) is 9.59 Å². The van der Waals surface area contributed by atoms with Crippen molar-refractivity contribution in [2.24, 2.45) is 11.8 Å². The van der Waals surface area contributed by atoms with Crippen LogP contribution in [0.25, 0.3) is 0 Å². The lowest BCUT2D eigenvalue weighted by molar-refractivity contribution is -0.130. The second kappa shape index (κ2) is 4.28. The maximum atomic E-state index is 11.6. The predicted molar refractivity (Wildman–Crippen MR) is 52.0 cm³/mol. The normalized spacial score (nSPS) is 34.2. The molecule has 0 aromatic heterocycles. The van der Waals surface area contributed by atoms with Crippen LogP contribution >= 0.6 is 0 Å². The van der Waals surface area contributed by atoms with E-state index < -0.39 is 47.9 Å². The van der Waals surface area contributed by atoms with Crippen LogP contribution in [0.2, 0.25) is 0 Å². The summed E-state index contributed by atoms with van der Waals surface area (Å²) < 4.78 is 8.90. The molecule has 0 radical (unpaired) electrons. The van der Waals surface area contributed by atoms with E-state index in [0.29, 0.717) is 0 Å². The number of carbonyl (C=O) groups excluding carboxylic acids is 2. The Balaban J connectivity index is 2.16. The van der Waals surface area contributed by atoms with Gasteiger partial charge in [0.1, 0.15) is 0 Å². The number of Topliss-reactive ketones (excluding diaryl/α,β-unsaturated/α-hetero) is 2. The molecule has 0 amide bonds. The van der Waals surface area contributed by atoms with Gasteiger partial charge in [-0.1, -0.05) is 0 Å². The van der Waals surface area contributed by atoms with E-state index in [4.69, 9.17) is 10.2 Å². The fourth-order valence-corrected chi connectivity index (χ4v) is 2.66. The largest absolute Gasteiger partial charge is 0.506 e. The van der Waals surface area contributed by atoms with E-state index in [2.05, 4.69) is 9.47 Å². The number of hydrogen-bond donors (Lipinski definition) is 2. The molecule has 2 rings (SSSR count). The van der Waals surface area contributed by atoms with Gasteiger partial charge in [0.25, 0.3) is 0 Å². The van der Waals surface area contributed by atoms with E-state index in [1.807, 2.05) is 0 Å². The van der Waals surface area contributed by atoms with Gasteiger partial charge in [-0.25, -0.2) is 9.59 Å². The molecular weight excluding hydrogens is 248 g/mol. The van der Waals surface area contributed by atoms with Gasteiger partial charge in [-0.2, -0.15) is 0 Å². The van der Waals surface area contributed by atoms with E-state index in [0.717, 1.165) is 0 Å². The Labute approximate surface area is 100 Å². The summed E-state index contributed by atoms with van der Waals surface area (Å²) in [4.78, 5) is 44.0. The fourth-order valence-electron chi connectivity index (χ4n) is 2.66. The van der Waals surface area contributed by atoms with Gasteiger partial charge >= 0.3 is 12.3 Å². The summed E-state index contributed by atoms with van der Waals surface area (Å²) in [6, 6.07) is 0. The molecule has 4 atom stereocenters. The van der Waals surface area contributed by atoms with Crippen molar-refractivity contribution < 1.29 is 38.9 Å². The van der Waals surface area contributed by atoms with Crippen molar-refractivity contribution in [3.8, 4) is 0 Å². The van der Waals surface area contributed by atoms with Crippen molar-refractivity contribution in [3.63, 3.8) is 0 Å². The summed E-state index contributed by atoms with van der Waals surface area (Å²) in [5.41, 5.74) is 0. The molecule has 2 N–H and O–H groups in total. The second-order valence-electron chi connectivity index (χ2n) is 4.28. The average Bonchev–Trinajstić information content (AvgIpc) is 2.67. The van der Waals surface area contributed by atoms with Crippen molar-refractivity contribution in [1.29, 1.82) is 0 Å². The molecule has 2 fully saturated rings. The molecule has 2 saturated carbocycles. The van der Waals surface area contributed by atoms with Gasteiger partial charge in [0.15, 0.2) is 23.8 Å². The highest BCUT2D eigenvalue weighted by molar-refractivity contribution is 5.95. The van der Waals surface area contributed by atoms with Crippen LogP contribution < -0.4 is 0 Å². The first-order chi connectivity index (χ1) is 8.40. The molecule has 2 aliphatic rings. The molecule has 8 heteroatoms. The van der Waals surface area contributed by atoms with E-state index in [1.165, 1.54) is 0 Å². The van der Waals surface area contributed by atoms with E-state index >= 15 is 0 Å². The molecule has 8 nitrogen and oxygen atoms in total. The summed E-state index contributed by atoms with van der Waals surface area (Å²) in [5, 5.41) is 17.0. The third kappa shape index (κ3) is 2.01. The molecule has 0 spiro atoms. The highest BCUT2D eigenvalue weighted by Crippen LogP contribution is 2.43. The third-order valence-corrected chi connectivity index (χ3v) is 3.29. The van der Waals surface area contributed by atoms with Gasteiger partial charge in [0.2, 0.25) is 0 Å². The van der Waals surface area contributed by atoms with Gasteiger partial charge in [-0.15, -0.1) is 0 Å². The Bertz CT molecular complexity index is 388. The third-order valence-electron chi connectivity index (χ3n) is 3.29. The molecule has 18 heavy (non-hydrogen) atoms. The summed E-state index contributed by atoms with van der Waals surface area (Å²) in [5.74, 6) is -2.13. The van der Waals surface area contributed by atoms with Crippen LogP contribution in [-0.4, -0.2) is 46.3 Å². The predicted octanol–water partition coefficient (Wildman–Crippen LogP) is 0.291. The fraction of sp³-hybridized carbons (Fsp3) is 0.600. The summed E-state index contributed by atoms with van der Waals surface area (Å²) in [6.45, 7) is 0. The average molecular weight is 258 g/mol. The summed E-state index contributed by atoms with van der Waals surface area (Å²) >= 11 is 0. The molecule has 0 bridgehead atoms. The molecule has 0 aromatic carbocycles. The number of hydrogen-bond acceptors (Lipinski definition) is 6. The zero-order chi connectivity index (χ0) is 13.4. The number of ether oxygens (including phenoxy) is 2. The SMILES string of the molecule is O=C(O)OC1C(=O)C[C@H]2C(OC(=O)O)C(=O)C[C@@H]12. The Morgan fingerprint density at radius 1 is 0.889 bits per heavy atom. The van der Waals surface area contributed by atoms with E-state index in [9.17, 15) is 19.2 Å². The Hall–Kier alpha value is -2.12. The molecule has 98 valence electrons. The quantitative estimate of drug-likeness (QED) is 0.676. The Morgan fingerprint density at radius 3 is 1.50 bits per heavy atom. The lowest BCUT2D eigenvalue weighted by Gasteiger charge is -2.16. The number of carboxylic acid groups (broad SMARTS) is 2. The topological polar surface area (TPSA) is 127 Å². The van der Waals surface area contributed by atoms with Crippen LogP contribution in [0.5, 0.6) is 0 Å². The van der Waals surface area contributed by atoms with Crippen LogP contribution in [0.1, 0.15) is 12.8 Å². The number of ketones is 2. The van der Waals surface area contributed by atoms with Crippen LogP contribution in [-0.2, 0) is 19.1 Å². The van der Waals surface area contributed by atoms with Crippen LogP contribution in [0.3, 0.4) is 0 Å². The second-order valence-corrected chi connectivity index (χ2v) is 4.28. The van der Waals surface area contributed by atoms with Crippen molar-refractivity contribution in [2.75, 3.05) is 0 Å². The summed E-state index contributed by atoms with van der Waals surface area (Å²) in [6.07, 6.45) is -5.79. The smallest absolute Gasteiger partial charge is 0.450 e.